The van der Waals surface area contributed by atoms with Crippen molar-refractivity contribution in [2.75, 3.05) is 5.32 Å². The zero-order chi connectivity index (χ0) is 23.9. The van der Waals surface area contributed by atoms with Gasteiger partial charge in [-0.1, -0.05) is 30.3 Å². The Balaban J connectivity index is 1.58. The summed E-state index contributed by atoms with van der Waals surface area (Å²) < 4.78 is 43.3. The van der Waals surface area contributed by atoms with Gasteiger partial charge in [0.1, 0.15) is 5.65 Å². The van der Waals surface area contributed by atoms with Gasteiger partial charge in [0.25, 0.3) is 0 Å². The maximum absolute atomic E-state index is 13.9. The second kappa shape index (κ2) is 8.72. The van der Waals surface area contributed by atoms with Crippen LogP contribution in [-0.4, -0.2) is 31.4 Å². The molecule has 0 radical (unpaired) electrons. The Labute approximate surface area is 195 Å². The number of hydrogen-bond acceptors (Lipinski definition) is 5. The summed E-state index contributed by atoms with van der Waals surface area (Å²) in [4.78, 5) is 13.4. The van der Waals surface area contributed by atoms with Crippen molar-refractivity contribution in [2.45, 2.75) is 50.9 Å². The third kappa shape index (κ3) is 4.35. The number of rotatable bonds is 4. The zero-order valence-electron chi connectivity index (χ0n) is 18.7. The molecule has 1 saturated carbocycles. The second-order valence-corrected chi connectivity index (χ2v) is 8.82. The van der Waals surface area contributed by atoms with Gasteiger partial charge < -0.3 is 11.1 Å². The third-order valence-electron chi connectivity index (χ3n) is 6.36. The first-order chi connectivity index (χ1) is 16.3. The van der Waals surface area contributed by atoms with Crippen LogP contribution >= 0.6 is 0 Å². The number of alkyl halides is 3. The van der Waals surface area contributed by atoms with Crippen LogP contribution in [0.2, 0.25) is 0 Å². The van der Waals surface area contributed by atoms with Crippen LogP contribution in [0.4, 0.5) is 19.1 Å². The lowest BCUT2D eigenvalue weighted by molar-refractivity contribution is -0.137. The van der Waals surface area contributed by atoms with E-state index in [-0.39, 0.29) is 23.3 Å². The van der Waals surface area contributed by atoms with E-state index in [0.29, 0.717) is 22.9 Å². The van der Waals surface area contributed by atoms with Gasteiger partial charge in [0.05, 0.1) is 23.1 Å². The van der Waals surface area contributed by atoms with Crippen molar-refractivity contribution < 1.29 is 13.2 Å². The van der Waals surface area contributed by atoms with Crippen LogP contribution in [0.15, 0.2) is 55.0 Å². The number of benzene rings is 1. The molecule has 3 N–H and O–H groups in total. The average molecular weight is 467 g/mol. The normalized spacial score (nSPS) is 18.9. The average Bonchev–Trinajstić information content (AvgIpc) is 3.24. The monoisotopic (exact) mass is 466 g/mol. The molecule has 34 heavy (non-hydrogen) atoms. The fourth-order valence-electron chi connectivity index (χ4n) is 4.50. The van der Waals surface area contributed by atoms with E-state index < -0.39 is 11.7 Å². The first-order valence-electron chi connectivity index (χ1n) is 11.3. The van der Waals surface area contributed by atoms with E-state index in [1.54, 1.807) is 47.1 Å². The fourth-order valence-corrected chi connectivity index (χ4v) is 4.50. The maximum Gasteiger partial charge on any atom is 0.417 e. The summed E-state index contributed by atoms with van der Waals surface area (Å²) in [5.74, 6) is 0.492. The van der Waals surface area contributed by atoms with Gasteiger partial charge in [0, 0.05) is 30.0 Å². The van der Waals surface area contributed by atoms with Crippen molar-refractivity contribution in [3.05, 3.63) is 66.1 Å². The number of anilines is 1. The Morgan fingerprint density at radius 2 is 1.76 bits per heavy atom. The molecule has 0 bridgehead atoms. The van der Waals surface area contributed by atoms with Gasteiger partial charge >= 0.3 is 6.18 Å². The number of nitrogens with one attached hydrogen (secondary N) is 1. The summed E-state index contributed by atoms with van der Waals surface area (Å²) in [7, 11) is 0. The number of hydrogen-bond donors (Lipinski definition) is 2. The highest BCUT2D eigenvalue weighted by atomic mass is 19.4. The van der Waals surface area contributed by atoms with Gasteiger partial charge in [-0.25, -0.2) is 15.0 Å². The smallest absolute Gasteiger partial charge is 0.351 e. The molecule has 4 aromatic rings. The number of aryl methyl sites for hydroxylation is 1. The standard InChI is InChI=1S/C25H25F3N6/c1-15-12-31-24(32-18-9-7-17(29)8-10-18)33-23(15)21-13-30-22-11-20(25(26,27)28)19(14-34(21)22)16-5-3-2-4-6-16/h2-6,11-14,17-18H,7-10,29H2,1H3,(H,31,32,33)/t17-,18-. The van der Waals surface area contributed by atoms with Gasteiger partial charge in [-0.2, -0.15) is 13.2 Å². The minimum Gasteiger partial charge on any atom is -0.351 e. The summed E-state index contributed by atoms with van der Waals surface area (Å²) in [5, 5.41) is 3.39. The Bertz CT molecular complexity index is 1310. The van der Waals surface area contributed by atoms with Crippen molar-refractivity contribution in [1.29, 1.82) is 0 Å². The van der Waals surface area contributed by atoms with Crippen molar-refractivity contribution >= 4 is 11.6 Å². The minimum absolute atomic E-state index is 0.0865. The molecule has 5 rings (SSSR count). The number of imidazole rings is 1. The number of pyridine rings is 1. The van der Waals surface area contributed by atoms with Crippen LogP contribution in [0, 0.1) is 6.92 Å². The van der Waals surface area contributed by atoms with E-state index in [2.05, 4.69) is 15.3 Å². The quantitative estimate of drug-likeness (QED) is 0.417. The van der Waals surface area contributed by atoms with Crippen LogP contribution < -0.4 is 11.1 Å². The summed E-state index contributed by atoms with van der Waals surface area (Å²) in [6.45, 7) is 1.88. The van der Waals surface area contributed by atoms with Gasteiger partial charge in [-0.15, -0.1) is 0 Å². The molecule has 3 aromatic heterocycles. The fraction of sp³-hybridized carbons (Fsp3) is 0.320. The molecule has 0 amide bonds. The van der Waals surface area contributed by atoms with E-state index in [9.17, 15) is 13.2 Å². The number of fused-ring (bicyclic) bond motifs is 1. The van der Waals surface area contributed by atoms with E-state index in [4.69, 9.17) is 10.7 Å². The van der Waals surface area contributed by atoms with E-state index in [1.165, 1.54) is 6.20 Å². The zero-order valence-corrected chi connectivity index (χ0v) is 18.7. The summed E-state index contributed by atoms with van der Waals surface area (Å²) in [6.07, 6.45) is 4.06. The van der Waals surface area contributed by atoms with E-state index >= 15 is 0 Å². The number of nitrogens with zero attached hydrogens (tertiary/aromatic N) is 4. The van der Waals surface area contributed by atoms with Crippen molar-refractivity contribution in [2.24, 2.45) is 5.73 Å². The number of aromatic nitrogens is 4. The largest absolute Gasteiger partial charge is 0.417 e. The van der Waals surface area contributed by atoms with Gasteiger partial charge in [-0.3, -0.25) is 4.40 Å². The number of halogens is 3. The van der Waals surface area contributed by atoms with Crippen LogP contribution in [0.5, 0.6) is 0 Å². The lowest BCUT2D eigenvalue weighted by atomic mass is 9.92. The number of nitrogens with two attached hydrogens (primary N) is 1. The molecule has 0 saturated heterocycles. The molecule has 1 aromatic carbocycles. The second-order valence-electron chi connectivity index (χ2n) is 8.82. The van der Waals surface area contributed by atoms with Gasteiger partial charge in [-0.05, 0) is 49.8 Å². The minimum atomic E-state index is -4.51. The van der Waals surface area contributed by atoms with Crippen LogP contribution in [0.3, 0.4) is 0 Å². The van der Waals surface area contributed by atoms with Crippen molar-refractivity contribution in [3.63, 3.8) is 0 Å². The molecule has 6 nitrogen and oxygen atoms in total. The molecular weight excluding hydrogens is 441 g/mol. The lowest BCUT2D eigenvalue weighted by Crippen LogP contribution is -2.33. The maximum atomic E-state index is 13.9. The molecule has 0 spiro atoms. The molecule has 1 aliphatic carbocycles. The predicted octanol–water partition coefficient (Wildman–Crippen LogP) is 5.47. The summed E-state index contributed by atoms with van der Waals surface area (Å²) in [6, 6.07) is 10.1. The summed E-state index contributed by atoms with van der Waals surface area (Å²) >= 11 is 0. The van der Waals surface area contributed by atoms with E-state index in [0.717, 1.165) is 37.3 Å². The molecule has 3 heterocycles. The molecular formula is C25H25F3N6. The molecule has 0 aliphatic heterocycles. The molecule has 0 unspecified atom stereocenters. The van der Waals surface area contributed by atoms with Crippen LogP contribution in [0.1, 0.15) is 36.8 Å². The molecule has 0 atom stereocenters. The van der Waals surface area contributed by atoms with Gasteiger partial charge in [0.15, 0.2) is 0 Å². The molecule has 1 aliphatic rings. The Morgan fingerprint density at radius 1 is 1.03 bits per heavy atom. The summed E-state index contributed by atoms with van der Waals surface area (Å²) in [5.41, 5.74) is 8.09. The van der Waals surface area contributed by atoms with Crippen LogP contribution in [0.25, 0.3) is 28.2 Å². The topological polar surface area (TPSA) is 81.1 Å². The van der Waals surface area contributed by atoms with Crippen LogP contribution in [-0.2, 0) is 6.18 Å². The molecule has 1 fully saturated rings. The van der Waals surface area contributed by atoms with Crippen molar-refractivity contribution in [3.8, 4) is 22.5 Å². The third-order valence-corrected chi connectivity index (χ3v) is 6.36. The highest BCUT2D eigenvalue weighted by Crippen LogP contribution is 2.38. The van der Waals surface area contributed by atoms with E-state index in [1.807, 2.05) is 6.92 Å². The first-order valence-corrected chi connectivity index (χ1v) is 11.3. The first kappa shape index (κ1) is 22.3. The molecule has 176 valence electrons. The Kier molecular flexibility index (Phi) is 5.73. The SMILES string of the molecule is Cc1cnc(N[C@H]2CC[C@H](N)CC2)nc1-c1cnc2cc(C(F)(F)F)c(-c3ccccc3)cn12. The van der Waals surface area contributed by atoms with Gasteiger partial charge in [0.2, 0.25) is 5.95 Å². The molecule has 9 heteroatoms. The van der Waals surface area contributed by atoms with Crippen molar-refractivity contribution in [1.82, 2.24) is 19.4 Å². The highest BCUT2D eigenvalue weighted by molar-refractivity contribution is 5.73. The predicted molar refractivity (Wildman–Crippen MR) is 125 cm³/mol. The Hall–Kier alpha value is -3.46. The lowest BCUT2D eigenvalue weighted by Gasteiger charge is -2.26. The Morgan fingerprint density at radius 3 is 2.47 bits per heavy atom. The highest BCUT2D eigenvalue weighted by Gasteiger charge is 2.35.